The van der Waals surface area contributed by atoms with Crippen LogP contribution in [0.25, 0.3) is 10.4 Å². The van der Waals surface area contributed by atoms with Crippen molar-refractivity contribution in [3.8, 4) is 0 Å². The molecule has 0 aromatic heterocycles. The predicted molar refractivity (Wildman–Crippen MR) is 49.2 cm³/mol. The van der Waals surface area contributed by atoms with Crippen molar-refractivity contribution in [2.45, 2.75) is 12.5 Å². The van der Waals surface area contributed by atoms with Crippen LogP contribution in [0.5, 0.6) is 0 Å². The molecule has 0 rings (SSSR count). The van der Waals surface area contributed by atoms with Crippen molar-refractivity contribution in [2.75, 3.05) is 27.7 Å². The first kappa shape index (κ1) is 12.5. The summed E-state index contributed by atoms with van der Waals surface area (Å²) < 4.78 is 0.541. The van der Waals surface area contributed by atoms with Gasteiger partial charge in [-0.15, -0.1) is 0 Å². The lowest BCUT2D eigenvalue weighted by atomic mass is 10.2. The Morgan fingerprint density at radius 1 is 1.64 bits per heavy atom. The summed E-state index contributed by atoms with van der Waals surface area (Å²) in [5.41, 5.74) is 8.03. The van der Waals surface area contributed by atoms with Crippen LogP contribution >= 0.6 is 0 Å². The Kier molecular flexibility index (Phi) is 4.76. The Morgan fingerprint density at radius 2 is 2.21 bits per heavy atom. The van der Waals surface area contributed by atoms with Gasteiger partial charge in [0.2, 0.25) is 0 Å². The minimum atomic E-state index is -0.975. The van der Waals surface area contributed by atoms with Crippen LogP contribution < -0.4 is 0 Å². The third-order valence-electron chi connectivity index (χ3n) is 1.39. The van der Waals surface area contributed by atoms with Crippen molar-refractivity contribution in [1.29, 1.82) is 0 Å². The summed E-state index contributed by atoms with van der Waals surface area (Å²) in [6.07, 6.45) is -0.766. The van der Waals surface area contributed by atoms with Gasteiger partial charge in [-0.2, -0.15) is 0 Å². The summed E-state index contributed by atoms with van der Waals surface area (Å²) in [7, 11) is 5.69. The zero-order chi connectivity index (χ0) is 11.2. The van der Waals surface area contributed by atoms with Gasteiger partial charge in [0.25, 0.3) is 0 Å². The lowest BCUT2D eigenvalue weighted by molar-refractivity contribution is -0.873. The van der Waals surface area contributed by atoms with Crippen LogP contribution in [0.1, 0.15) is 6.42 Å². The molecule has 1 N–H and O–H groups in total. The standard InChI is InChI=1S/C7H14N4O3/c1-11(2,3)5-6(4-7(12)13)14-10-9-8/h6H,4-5H2,1-3H3/p+1/t6-/m1/s1. The number of likely N-dealkylation sites (N-methyl/N-ethyl adjacent to an activating group) is 1. The Morgan fingerprint density at radius 3 is 2.57 bits per heavy atom. The molecule has 80 valence electrons. The molecular formula is C7H15N4O3+. The molecule has 0 bridgehead atoms. The largest absolute Gasteiger partial charge is 0.481 e. The van der Waals surface area contributed by atoms with Crippen LogP contribution in [0.3, 0.4) is 0 Å². The van der Waals surface area contributed by atoms with Crippen molar-refractivity contribution < 1.29 is 19.2 Å². The fourth-order valence-electron chi connectivity index (χ4n) is 1.03. The number of hydrogen-bond donors (Lipinski definition) is 1. The van der Waals surface area contributed by atoms with Gasteiger partial charge in [0.05, 0.1) is 27.6 Å². The molecule has 0 saturated carbocycles. The molecule has 1 atom stereocenters. The fraction of sp³-hybridized carbons (Fsp3) is 0.857. The van der Waals surface area contributed by atoms with E-state index in [4.69, 9.17) is 15.5 Å². The first-order valence-electron chi connectivity index (χ1n) is 4.07. The molecule has 0 aromatic rings. The smallest absolute Gasteiger partial charge is 0.307 e. The van der Waals surface area contributed by atoms with E-state index >= 15 is 0 Å². The first-order valence-corrected chi connectivity index (χ1v) is 4.07. The van der Waals surface area contributed by atoms with Gasteiger partial charge in [0, 0.05) is 4.91 Å². The normalized spacial score (nSPS) is 12.8. The molecule has 0 fully saturated rings. The third kappa shape index (κ3) is 7.20. The highest BCUT2D eigenvalue weighted by Crippen LogP contribution is 2.05. The lowest BCUT2D eigenvalue weighted by Gasteiger charge is -2.27. The highest BCUT2D eigenvalue weighted by Gasteiger charge is 2.21. The van der Waals surface area contributed by atoms with Gasteiger partial charge in [-0.3, -0.25) is 4.79 Å². The summed E-state index contributed by atoms with van der Waals surface area (Å²) >= 11 is 0. The monoisotopic (exact) mass is 203 g/mol. The molecule has 0 spiro atoms. The van der Waals surface area contributed by atoms with E-state index in [2.05, 4.69) is 10.2 Å². The Bertz CT molecular complexity index is 238. The molecule has 0 radical (unpaired) electrons. The number of carbonyl (C=O) groups is 1. The number of azide groups is 1. The number of carboxylic acid groups (broad SMARTS) is 1. The molecule has 0 aliphatic rings. The van der Waals surface area contributed by atoms with E-state index in [0.29, 0.717) is 11.0 Å². The van der Waals surface area contributed by atoms with Gasteiger partial charge in [0.1, 0.15) is 11.8 Å². The van der Waals surface area contributed by atoms with Crippen LogP contribution in [0.4, 0.5) is 0 Å². The van der Waals surface area contributed by atoms with Crippen LogP contribution in [-0.2, 0) is 9.63 Å². The van der Waals surface area contributed by atoms with E-state index in [1.807, 2.05) is 21.1 Å². The molecule has 7 nitrogen and oxygen atoms in total. The van der Waals surface area contributed by atoms with Gasteiger partial charge in [-0.05, 0) is 5.53 Å². The molecular weight excluding hydrogens is 188 g/mol. The van der Waals surface area contributed by atoms with Crippen LogP contribution in [0, 0.1) is 0 Å². The summed E-state index contributed by atoms with van der Waals surface area (Å²) in [6.45, 7) is 0.464. The Balaban J connectivity index is 4.24. The molecule has 0 amide bonds. The van der Waals surface area contributed by atoms with Crippen LogP contribution in [0.2, 0.25) is 0 Å². The Hall–Kier alpha value is -1.46. The number of carboxylic acids is 1. The number of hydrogen-bond acceptors (Lipinski definition) is 3. The highest BCUT2D eigenvalue weighted by molar-refractivity contribution is 5.67. The van der Waals surface area contributed by atoms with E-state index in [1.54, 1.807) is 0 Å². The molecule has 0 aliphatic carbocycles. The van der Waals surface area contributed by atoms with Crippen molar-refractivity contribution in [3.05, 3.63) is 10.4 Å². The number of nitrogens with zero attached hydrogens (tertiary/aromatic N) is 4. The lowest BCUT2D eigenvalue weighted by Crippen LogP contribution is -2.42. The van der Waals surface area contributed by atoms with E-state index < -0.39 is 12.1 Å². The fourth-order valence-corrected chi connectivity index (χ4v) is 1.03. The maximum absolute atomic E-state index is 10.4. The zero-order valence-electron chi connectivity index (χ0n) is 8.54. The number of quaternary nitrogens is 1. The second-order valence-corrected chi connectivity index (χ2v) is 3.97. The first-order chi connectivity index (χ1) is 6.35. The quantitative estimate of drug-likeness (QED) is 0.227. The Labute approximate surface area is 82.1 Å². The van der Waals surface area contributed by atoms with Crippen molar-refractivity contribution in [3.63, 3.8) is 0 Å². The zero-order valence-corrected chi connectivity index (χ0v) is 8.54. The summed E-state index contributed by atoms with van der Waals surface area (Å²) in [5, 5.41) is 11.5. The second-order valence-electron chi connectivity index (χ2n) is 3.97. The van der Waals surface area contributed by atoms with E-state index in [-0.39, 0.29) is 6.42 Å². The molecule has 0 unspecified atom stereocenters. The second kappa shape index (κ2) is 5.31. The highest BCUT2D eigenvalue weighted by atomic mass is 16.7. The summed E-state index contributed by atoms with van der Waals surface area (Å²) in [5.74, 6) is -0.975. The minimum Gasteiger partial charge on any atom is -0.481 e. The van der Waals surface area contributed by atoms with Gasteiger partial charge < -0.3 is 14.4 Å². The van der Waals surface area contributed by atoms with Gasteiger partial charge in [-0.25, -0.2) is 0 Å². The van der Waals surface area contributed by atoms with Crippen LogP contribution in [0.15, 0.2) is 5.28 Å². The van der Waals surface area contributed by atoms with Crippen LogP contribution in [-0.4, -0.2) is 49.4 Å². The summed E-state index contributed by atoms with van der Waals surface area (Å²) in [6, 6.07) is 0. The molecule has 0 aliphatic heterocycles. The van der Waals surface area contributed by atoms with Gasteiger partial charge >= 0.3 is 5.97 Å². The maximum atomic E-state index is 10.4. The molecule has 0 saturated heterocycles. The average molecular weight is 203 g/mol. The maximum Gasteiger partial charge on any atom is 0.307 e. The van der Waals surface area contributed by atoms with Crippen molar-refractivity contribution in [2.24, 2.45) is 5.28 Å². The van der Waals surface area contributed by atoms with Gasteiger partial charge in [-0.1, -0.05) is 0 Å². The molecule has 0 heterocycles. The molecule has 7 heteroatoms. The predicted octanol–water partition coefficient (Wildman–Crippen LogP) is 0.778. The number of aliphatic carboxylic acids is 1. The molecule has 0 aromatic carbocycles. The van der Waals surface area contributed by atoms with E-state index in [0.717, 1.165) is 0 Å². The minimum absolute atomic E-state index is 0.172. The van der Waals surface area contributed by atoms with Crippen molar-refractivity contribution in [1.82, 2.24) is 0 Å². The number of rotatable bonds is 6. The third-order valence-corrected chi connectivity index (χ3v) is 1.39. The van der Waals surface area contributed by atoms with Gasteiger partial charge in [0.15, 0.2) is 6.10 Å². The topological polar surface area (TPSA) is 95.3 Å². The van der Waals surface area contributed by atoms with E-state index in [1.165, 1.54) is 0 Å². The SMILES string of the molecule is C[N+](C)(C)C[C@@H](CC(=O)O)ON=[N+]=[N-]. The van der Waals surface area contributed by atoms with E-state index in [9.17, 15) is 4.79 Å². The average Bonchev–Trinajstić information content (AvgIpc) is 1.96. The molecule has 14 heavy (non-hydrogen) atoms. The van der Waals surface area contributed by atoms with Crippen molar-refractivity contribution >= 4 is 5.97 Å². The summed E-state index contributed by atoms with van der Waals surface area (Å²) in [4.78, 5) is 17.5.